The molecule has 1 saturated carbocycles. The fourth-order valence-electron chi connectivity index (χ4n) is 4.41. The monoisotopic (exact) mass is 369 g/mol. The molecule has 6 heteroatoms. The third-order valence-electron chi connectivity index (χ3n) is 5.68. The molecule has 2 fully saturated rings. The van der Waals surface area contributed by atoms with Crippen LogP contribution in [0.1, 0.15) is 37.7 Å². The molecule has 2 amide bonds. The number of piperidine rings is 1. The molecule has 0 bridgehead atoms. The average molecular weight is 369 g/mol. The molecule has 5 nitrogen and oxygen atoms in total. The van der Waals surface area contributed by atoms with Gasteiger partial charge in [-0.2, -0.15) is 0 Å². The van der Waals surface area contributed by atoms with Gasteiger partial charge >= 0.3 is 0 Å². The van der Waals surface area contributed by atoms with Gasteiger partial charge in [-0.05, 0) is 55.9 Å². The van der Waals surface area contributed by atoms with E-state index < -0.39 is 0 Å². The maximum atomic E-state index is 13.0. The number of hydrogen-bond acceptors (Lipinski definition) is 4. The molecule has 0 radical (unpaired) electrons. The van der Waals surface area contributed by atoms with Crippen molar-refractivity contribution in [3.05, 3.63) is 41.9 Å². The lowest BCUT2D eigenvalue weighted by Gasteiger charge is -2.56. The Labute approximate surface area is 157 Å². The number of nitrogens with one attached hydrogen (secondary N) is 1. The van der Waals surface area contributed by atoms with Crippen LogP contribution >= 0.6 is 11.3 Å². The lowest BCUT2D eigenvalue weighted by molar-refractivity contribution is -0.146. The van der Waals surface area contributed by atoms with Gasteiger partial charge in [0.1, 0.15) is 0 Å². The zero-order valence-electron chi connectivity index (χ0n) is 14.7. The van der Waals surface area contributed by atoms with Gasteiger partial charge in [0, 0.05) is 18.1 Å². The molecule has 1 saturated heterocycles. The molecule has 4 rings (SSSR count). The van der Waals surface area contributed by atoms with E-state index in [-0.39, 0.29) is 23.4 Å². The molecule has 136 valence electrons. The molecular formula is C20H23N3O2S. The zero-order chi connectivity index (χ0) is 18.1. The smallest absolute Gasteiger partial charge is 0.243 e. The minimum absolute atomic E-state index is 0.0664. The fourth-order valence-corrected chi connectivity index (χ4v) is 5.15. The summed E-state index contributed by atoms with van der Waals surface area (Å²) in [7, 11) is 0. The standard InChI is InChI=1S/C20H23N3O2S/c1-2-18(24)22-15-11-20(12-15)7-3-4-8-23(20)19(25)10-14-5-6-16-17(9-14)26-13-21-16/h2,5-6,9,13,15H,1,3-4,7-8,10-12H2,(H,22,24). The Morgan fingerprint density at radius 1 is 1.38 bits per heavy atom. The van der Waals surface area contributed by atoms with Gasteiger partial charge in [0.15, 0.2) is 0 Å². The van der Waals surface area contributed by atoms with Gasteiger partial charge in [0.2, 0.25) is 11.8 Å². The Morgan fingerprint density at radius 2 is 2.23 bits per heavy atom. The van der Waals surface area contributed by atoms with Crippen molar-refractivity contribution in [3.8, 4) is 0 Å². The predicted octanol–water partition coefficient (Wildman–Crippen LogP) is 3.05. The van der Waals surface area contributed by atoms with Gasteiger partial charge in [0.25, 0.3) is 0 Å². The zero-order valence-corrected chi connectivity index (χ0v) is 15.6. The van der Waals surface area contributed by atoms with Crippen molar-refractivity contribution >= 4 is 33.4 Å². The minimum atomic E-state index is -0.128. The molecular weight excluding hydrogens is 346 g/mol. The van der Waals surface area contributed by atoms with Crippen molar-refractivity contribution in [2.75, 3.05) is 6.54 Å². The van der Waals surface area contributed by atoms with Crippen LogP contribution in [0.25, 0.3) is 10.2 Å². The summed E-state index contributed by atoms with van der Waals surface area (Å²) in [4.78, 5) is 30.9. The van der Waals surface area contributed by atoms with Crippen molar-refractivity contribution in [1.29, 1.82) is 0 Å². The van der Waals surface area contributed by atoms with E-state index in [1.807, 2.05) is 17.6 Å². The second-order valence-electron chi connectivity index (χ2n) is 7.38. The number of hydrogen-bond donors (Lipinski definition) is 1. The van der Waals surface area contributed by atoms with Gasteiger partial charge in [-0.3, -0.25) is 9.59 Å². The van der Waals surface area contributed by atoms with Crippen LogP contribution in [0.2, 0.25) is 0 Å². The normalized spacial score (nSPS) is 25.1. The van der Waals surface area contributed by atoms with Crippen molar-refractivity contribution in [2.24, 2.45) is 0 Å². The Balaban J connectivity index is 1.45. The quantitative estimate of drug-likeness (QED) is 0.843. The average Bonchev–Trinajstić information content (AvgIpc) is 3.08. The van der Waals surface area contributed by atoms with Crippen molar-refractivity contribution in [3.63, 3.8) is 0 Å². The van der Waals surface area contributed by atoms with Crippen LogP contribution in [0.15, 0.2) is 36.4 Å². The lowest BCUT2D eigenvalue weighted by atomic mass is 9.66. The summed E-state index contributed by atoms with van der Waals surface area (Å²) >= 11 is 1.60. The van der Waals surface area contributed by atoms with Crippen LogP contribution in [0, 0.1) is 0 Å². The van der Waals surface area contributed by atoms with Crippen molar-refractivity contribution in [1.82, 2.24) is 15.2 Å². The number of fused-ring (bicyclic) bond motifs is 1. The molecule has 0 atom stereocenters. The predicted molar refractivity (Wildman–Crippen MR) is 103 cm³/mol. The first kappa shape index (κ1) is 17.2. The highest BCUT2D eigenvalue weighted by atomic mass is 32.1. The first-order valence-corrected chi connectivity index (χ1v) is 10.0. The molecule has 1 aromatic heterocycles. The SMILES string of the molecule is C=CC(=O)NC1CC2(CCCCN2C(=O)Cc2ccc3ncsc3c2)C1. The summed E-state index contributed by atoms with van der Waals surface area (Å²) in [6.07, 6.45) is 6.69. The van der Waals surface area contributed by atoms with Crippen LogP contribution < -0.4 is 5.32 Å². The Hall–Kier alpha value is -2.21. The summed E-state index contributed by atoms with van der Waals surface area (Å²) in [5.41, 5.74) is 3.80. The molecule has 26 heavy (non-hydrogen) atoms. The molecule has 1 aliphatic carbocycles. The van der Waals surface area contributed by atoms with E-state index in [0.29, 0.717) is 6.42 Å². The minimum Gasteiger partial charge on any atom is -0.350 e. The second kappa shape index (κ2) is 6.83. The number of nitrogens with zero attached hydrogens (tertiary/aromatic N) is 2. The summed E-state index contributed by atoms with van der Waals surface area (Å²) < 4.78 is 1.12. The van der Waals surface area contributed by atoms with Crippen LogP contribution in [0.3, 0.4) is 0 Å². The maximum absolute atomic E-state index is 13.0. The van der Waals surface area contributed by atoms with E-state index >= 15 is 0 Å². The number of thiazole rings is 1. The van der Waals surface area contributed by atoms with Crippen LogP contribution in [-0.4, -0.2) is 39.8 Å². The molecule has 1 aliphatic heterocycles. The maximum Gasteiger partial charge on any atom is 0.243 e. The molecule has 2 aromatic rings. The number of amides is 2. The highest BCUT2D eigenvalue weighted by molar-refractivity contribution is 7.16. The lowest BCUT2D eigenvalue weighted by Crippen LogP contribution is -2.66. The van der Waals surface area contributed by atoms with Crippen LogP contribution in [-0.2, 0) is 16.0 Å². The Bertz CT molecular complexity index is 854. The fraction of sp³-hybridized carbons (Fsp3) is 0.450. The number of carbonyl (C=O) groups excluding carboxylic acids is 2. The van der Waals surface area contributed by atoms with E-state index in [2.05, 4.69) is 27.8 Å². The Morgan fingerprint density at radius 3 is 3.04 bits per heavy atom. The van der Waals surface area contributed by atoms with Crippen LogP contribution in [0.4, 0.5) is 0 Å². The number of likely N-dealkylation sites (tertiary alicyclic amines) is 1. The number of carbonyl (C=O) groups is 2. The van der Waals surface area contributed by atoms with Crippen LogP contribution in [0.5, 0.6) is 0 Å². The van der Waals surface area contributed by atoms with E-state index in [9.17, 15) is 9.59 Å². The third-order valence-corrected chi connectivity index (χ3v) is 6.47. The van der Waals surface area contributed by atoms with E-state index in [4.69, 9.17) is 0 Å². The molecule has 1 N–H and O–H groups in total. The second-order valence-corrected chi connectivity index (χ2v) is 8.26. The molecule has 1 spiro atoms. The molecule has 1 aromatic carbocycles. The summed E-state index contributed by atoms with van der Waals surface area (Å²) in [5.74, 6) is 0.0680. The summed E-state index contributed by atoms with van der Waals surface area (Å²) in [6.45, 7) is 4.33. The molecule has 0 unspecified atom stereocenters. The van der Waals surface area contributed by atoms with Gasteiger partial charge in [-0.15, -0.1) is 11.3 Å². The van der Waals surface area contributed by atoms with Crippen molar-refractivity contribution < 1.29 is 9.59 Å². The summed E-state index contributed by atoms with van der Waals surface area (Å²) in [5, 5.41) is 2.96. The number of benzene rings is 1. The number of rotatable bonds is 4. The summed E-state index contributed by atoms with van der Waals surface area (Å²) in [6, 6.07) is 6.23. The van der Waals surface area contributed by atoms with Gasteiger partial charge in [-0.25, -0.2) is 4.98 Å². The Kier molecular flexibility index (Phi) is 4.53. The van der Waals surface area contributed by atoms with Gasteiger partial charge in [-0.1, -0.05) is 12.6 Å². The first-order valence-electron chi connectivity index (χ1n) is 9.15. The largest absolute Gasteiger partial charge is 0.350 e. The highest BCUT2D eigenvalue weighted by Crippen LogP contribution is 2.45. The molecule has 2 aliphatic rings. The first-order chi connectivity index (χ1) is 12.6. The van der Waals surface area contributed by atoms with E-state index in [1.165, 1.54) is 6.08 Å². The highest BCUT2D eigenvalue weighted by Gasteiger charge is 2.51. The topological polar surface area (TPSA) is 62.3 Å². The molecule has 2 heterocycles. The van der Waals surface area contributed by atoms with E-state index in [0.717, 1.165) is 54.4 Å². The van der Waals surface area contributed by atoms with Crippen molar-refractivity contribution in [2.45, 2.75) is 50.1 Å². The van der Waals surface area contributed by atoms with Gasteiger partial charge < -0.3 is 10.2 Å². The van der Waals surface area contributed by atoms with Gasteiger partial charge in [0.05, 0.1) is 22.1 Å². The number of aromatic nitrogens is 1. The third kappa shape index (κ3) is 3.14. The van der Waals surface area contributed by atoms with E-state index in [1.54, 1.807) is 11.3 Å².